The fourth-order valence-corrected chi connectivity index (χ4v) is 1.78. The zero-order valence-electron chi connectivity index (χ0n) is 8.42. The second kappa shape index (κ2) is 5.36. The topological polar surface area (TPSA) is 3.24 Å². The molecule has 0 aliphatic carbocycles. The molecule has 0 saturated carbocycles. The Morgan fingerprint density at radius 2 is 1.92 bits per heavy atom. The highest BCUT2D eigenvalue weighted by molar-refractivity contribution is 4.92. The molecular formula is C11H21N. The van der Waals surface area contributed by atoms with Crippen LogP contribution >= 0.6 is 0 Å². The minimum absolute atomic E-state index is 0.658. The Bertz CT molecular complexity index is 134. The smallest absolute Gasteiger partial charge is 0.0249 e. The maximum Gasteiger partial charge on any atom is 0.0249 e. The van der Waals surface area contributed by atoms with Crippen LogP contribution in [0.3, 0.4) is 0 Å². The average Bonchev–Trinajstić information content (AvgIpc) is 2.15. The molecule has 0 N–H and O–H groups in total. The molecule has 0 aromatic rings. The van der Waals surface area contributed by atoms with Crippen molar-refractivity contribution in [2.75, 3.05) is 13.1 Å². The fraction of sp³-hybridized carbons (Fsp3) is 0.818. The van der Waals surface area contributed by atoms with Gasteiger partial charge in [0.05, 0.1) is 0 Å². The van der Waals surface area contributed by atoms with Gasteiger partial charge >= 0.3 is 0 Å². The summed E-state index contributed by atoms with van der Waals surface area (Å²) in [7, 11) is 0. The molecule has 70 valence electrons. The van der Waals surface area contributed by atoms with E-state index in [1.807, 2.05) is 0 Å². The van der Waals surface area contributed by atoms with Gasteiger partial charge in [-0.1, -0.05) is 25.5 Å². The second-order valence-electron chi connectivity index (χ2n) is 3.67. The molecule has 0 aromatic carbocycles. The Hall–Kier alpha value is -0.300. The number of likely N-dealkylation sites (tertiary alicyclic amines) is 1. The van der Waals surface area contributed by atoms with E-state index in [0.717, 1.165) is 6.42 Å². The minimum Gasteiger partial charge on any atom is -0.297 e. The summed E-state index contributed by atoms with van der Waals surface area (Å²) in [6, 6.07) is 0.658. The van der Waals surface area contributed by atoms with Gasteiger partial charge in [-0.25, -0.2) is 0 Å². The largest absolute Gasteiger partial charge is 0.297 e. The number of hydrogen-bond donors (Lipinski definition) is 0. The van der Waals surface area contributed by atoms with E-state index in [1.165, 1.54) is 32.4 Å². The maximum atomic E-state index is 2.58. The van der Waals surface area contributed by atoms with Gasteiger partial charge < -0.3 is 0 Å². The monoisotopic (exact) mass is 167 g/mol. The summed E-state index contributed by atoms with van der Waals surface area (Å²) in [5.41, 5.74) is 0. The normalized spacial score (nSPS) is 23.2. The molecule has 1 aliphatic heterocycles. The number of hydrogen-bond acceptors (Lipinski definition) is 1. The van der Waals surface area contributed by atoms with Crippen LogP contribution in [0.5, 0.6) is 0 Å². The maximum absolute atomic E-state index is 2.58. The van der Waals surface area contributed by atoms with Gasteiger partial charge in [-0.15, -0.1) is 0 Å². The standard InChI is InChI=1S/C11H21N/c1-3-4-8-11(2)12-9-6-5-7-10-12/h4,8,11H,3,5-7,9-10H2,1-2H3. The first kappa shape index (κ1) is 9.79. The van der Waals surface area contributed by atoms with E-state index in [-0.39, 0.29) is 0 Å². The molecule has 1 rings (SSSR count). The highest BCUT2D eigenvalue weighted by Crippen LogP contribution is 2.12. The summed E-state index contributed by atoms with van der Waals surface area (Å²) < 4.78 is 0. The molecule has 1 atom stereocenters. The highest BCUT2D eigenvalue weighted by atomic mass is 15.1. The molecule has 1 nitrogen and oxygen atoms in total. The number of rotatable bonds is 3. The predicted octanol–water partition coefficient (Wildman–Crippen LogP) is 2.83. The van der Waals surface area contributed by atoms with Gasteiger partial charge in [0.2, 0.25) is 0 Å². The quantitative estimate of drug-likeness (QED) is 0.584. The Kier molecular flexibility index (Phi) is 4.37. The van der Waals surface area contributed by atoms with Crippen LogP contribution in [0.1, 0.15) is 39.5 Å². The summed E-state index contributed by atoms with van der Waals surface area (Å²) in [6.45, 7) is 7.10. The summed E-state index contributed by atoms with van der Waals surface area (Å²) in [6.07, 6.45) is 10.00. The van der Waals surface area contributed by atoms with Gasteiger partial charge in [0, 0.05) is 6.04 Å². The van der Waals surface area contributed by atoms with Crippen molar-refractivity contribution in [2.45, 2.75) is 45.6 Å². The number of allylic oxidation sites excluding steroid dienone is 1. The van der Waals surface area contributed by atoms with E-state index < -0.39 is 0 Å². The third-order valence-electron chi connectivity index (χ3n) is 2.62. The molecule has 1 fully saturated rings. The number of piperidine rings is 1. The molecule has 0 aromatic heterocycles. The molecule has 1 aliphatic rings. The van der Waals surface area contributed by atoms with E-state index in [4.69, 9.17) is 0 Å². The van der Waals surface area contributed by atoms with Crippen LogP contribution in [0, 0.1) is 0 Å². The molecule has 0 radical (unpaired) electrons. The summed E-state index contributed by atoms with van der Waals surface area (Å²) >= 11 is 0. The lowest BCUT2D eigenvalue weighted by atomic mass is 10.1. The molecule has 1 heterocycles. The van der Waals surface area contributed by atoms with Crippen LogP contribution in [-0.2, 0) is 0 Å². The third kappa shape index (κ3) is 2.98. The Balaban J connectivity index is 2.29. The molecular weight excluding hydrogens is 146 g/mol. The van der Waals surface area contributed by atoms with Gasteiger partial charge in [-0.2, -0.15) is 0 Å². The second-order valence-corrected chi connectivity index (χ2v) is 3.67. The van der Waals surface area contributed by atoms with Crippen molar-refractivity contribution in [3.8, 4) is 0 Å². The van der Waals surface area contributed by atoms with Crippen LogP contribution < -0.4 is 0 Å². The van der Waals surface area contributed by atoms with Crippen molar-refractivity contribution in [3.05, 3.63) is 12.2 Å². The van der Waals surface area contributed by atoms with Crippen molar-refractivity contribution in [2.24, 2.45) is 0 Å². The van der Waals surface area contributed by atoms with Crippen molar-refractivity contribution >= 4 is 0 Å². The Morgan fingerprint density at radius 1 is 1.25 bits per heavy atom. The molecule has 0 spiro atoms. The molecule has 1 unspecified atom stereocenters. The molecule has 0 amide bonds. The van der Waals surface area contributed by atoms with E-state index in [0.29, 0.717) is 6.04 Å². The predicted molar refractivity (Wildman–Crippen MR) is 54.3 cm³/mol. The van der Waals surface area contributed by atoms with Gasteiger partial charge in [0.15, 0.2) is 0 Å². The van der Waals surface area contributed by atoms with Gasteiger partial charge in [-0.05, 0) is 39.3 Å². The summed E-state index contributed by atoms with van der Waals surface area (Å²) in [5.74, 6) is 0. The van der Waals surface area contributed by atoms with E-state index in [2.05, 4.69) is 30.9 Å². The van der Waals surface area contributed by atoms with Crippen LogP contribution in [0.15, 0.2) is 12.2 Å². The number of nitrogens with zero attached hydrogens (tertiary/aromatic N) is 1. The van der Waals surface area contributed by atoms with Gasteiger partial charge in [-0.3, -0.25) is 4.90 Å². The van der Waals surface area contributed by atoms with Crippen LogP contribution in [0.25, 0.3) is 0 Å². The summed E-state index contributed by atoms with van der Waals surface area (Å²) in [4.78, 5) is 2.58. The molecule has 12 heavy (non-hydrogen) atoms. The van der Waals surface area contributed by atoms with Crippen molar-refractivity contribution < 1.29 is 0 Å². The third-order valence-corrected chi connectivity index (χ3v) is 2.62. The first-order valence-corrected chi connectivity index (χ1v) is 5.25. The molecule has 1 saturated heterocycles. The lowest BCUT2D eigenvalue weighted by Crippen LogP contribution is -2.36. The fourth-order valence-electron chi connectivity index (χ4n) is 1.78. The average molecular weight is 167 g/mol. The molecule has 0 bridgehead atoms. The highest BCUT2D eigenvalue weighted by Gasteiger charge is 2.13. The first-order valence-electron chi connectivity index (χ1n) is 5.25. The van der Waals surface area contributed by atoms with Crippen molar-refractivity contribution in [3.63, 3.8) is 0 Å². The zero-order valence-corrected chi connectivity index (χ0v) is 8.42. The zero-order chi connectivity index (χ0) is 8.81. The van der Waals surface area contributed by atoms with Crippen LogP contribution in [0.4, 0.5) is 0 Å². The first-order chi connectivity index (χ1) is 5.84. The minimum atomic E-state index is 0.658. The van der Waals surface area contributed by atoms with Gasteiger partial charge in [0.25, 0.3) is 0 Å². The Labute approximate surface area is 76.5 Å². The summed E-state index contributed by atoms with van der Waals surface area (Å²) in [5, 5.41) is 0. The molecule has 1 heteroatoms. The Morgan fingerprint density at radius 3 is 2.50 bits per heavy atom. The SMILES string of the molecule is CCC=CC(C)N1CCCCC1. The van der Waals surface area contributed by atoms with Crippen molar-refractivity contribution in [1.29, 1.82) is 0 Å². The lowest BCUT2D eigenvalue weighted by molar-refractivity contribution is 0.201. The van der Waals surface area contributed by atoms with Crippen molar-refractivity contribution in [1.82, 2.24) is 4.90 Å². The van der Waals surface area contributed by atoms with Crippen LogP contribution in [-0.4, -0.2) is 24.0 Å². The van der Waals surface area contributed by atoms with E-state index >= 15 is 0 Å². The van der Waals surface area contributed by atoms with Gasteiger partial charge in [0.1, 0.15) is 0 Å². The van der Waals surface area contributed by atoms with E-state index in [9.17, 15) is 0 Å². The van der Waals surface area contributed by atoms with E-state index in [1.54, 1.807) is 0 Å². The van der Waals surface area contributed by atoms with Crippen LogP contribution in [0.2, 0.25) is 0 Å². The lowest BCUT2D eigenvalue weighted by Gasteiger charge is -2.30.